The Hall–Kier alpha value is -1.31. The molecule has 1 aromatic rings. The number of aryl methyl sites for hydroxylation is 1. The zero-order valence-corrected chi connectivity index (χ0v) is 10.2. The molecule has 1 aromatic carbocycles. The van der Waals surface area contributed by atoms with Gasteiger partial charge in [-0.1, -0.05) is 29.8 Å². The van der Waals surface area contributed by atoms with Crippen molar-refractivity contribution in [2.24, 2.45) is 0 Å². The number of halogens is 7. The topological polar surface area (TPSA) is 20.2 Å². The first kappa shape index (κ1) is 16.7. The van der Waals surface area contributed by atoms with Crippen LogP contribution in [0.1, 0.15) is 23.7 Å². The Morgan fingerprint density at radius 1 is 0.900 bits per heavy atom. The molecule has 1 nitrogen and oxygen atoms in total. The van der Waals surface area contributed by atoms with E-state index in [9.17, 15) is 35.8 Å². The van der Waals surface area contributed by atoms with Gasteiger partial charge in [0, 0.05) is 6.42 Å². The van der Waals surface area contributed by atoms with Crippen LogP contribution in [0.15, 0.2) is 24.3 Å². The van der Waals surface area contributed by atoms with Crippen molar-refractivity contribution in [2.75, 3.05) is 0 Å². The maximum atomic E-state index is 13.4. The summed E-state index contributed by atoms with van der Waals surface area (Å²) in [5.74, 6) is 0. The molecule has 1 N–H and O–H groups in total. The van der Waals surface area contributed by atoms with Crippen LogP contribution in [0.5, 0.6) is 0 Å². The van der Waals surface area contributed by atoms with E-state index in [0.717, 1.165) is 12.1 Å². The molecule has 0 aliphatic rings. The fourth-order valence-corrected chi connectivity index (χ4v) is 1.57. The minimum Gasteiger partial charge on any atom is -0.388 e. The minimum atomic E-state index is -6.16. The highest BCUT2D eigenvalue weighted by atomic mass is 19.4. The van der Waals surface area contributed by atoms with Crippen molar-refractivity contribution in [1.82, 2.24) is 0 Å². The molecule has 0 aromatic heterocycles. The number of benzene rings is 1. The van der Waals surface area contributed by atoms with Crippen molar-refractivity contribution in [2.45, 2.75) is 37.5 Å². The number of hydrogen-bond donors (Lipinski definition) is 1. The summed E-state index contributed by atoms with van der Waals surface area (Å²) < 4.78 is 87.4. The minimum absolute atomic E-state index is 0.217. The Labute approximate surface area is 110 Å². The predicted octanol–water partition coefficient (Wildman–Crippen LogP) is 4.25. The summed E-state index contributed by atoms with van der Waals surface area (Å²) >= 11 is 0. The van der Waals surface area contributed by atoms with Crippen LogP contribution in [-0.2, 0) is 0 Å². The highest BCUT2D eigenvalue weighted by Crippen LogP contribution is 2.50. The van der Waals surface area contributed by atoms with Crippen LogP contribution in [0.3, 0.4) is 0 Å². The normalized spacial score (nSPS) is 15.2. The van der Waals surface area contributed by atoms with Gasteiger partial charge in [-0.05, 0) is 12.5 Å². The summed E-state index contributed by atoms with van der Waals surface area (Å²) in [5.41, 5.74) is -4.98. The second kappa shape index (κ2) is 5.23. The maximum Gasteiger partial charge on any atom is 0.431 e. The van der Waals surface area contributed by atoms with Crippen molar-refractivity contribution in [3.63, 3.8) is 0 Å². The van der Waals surface area contributed by atoms with E-state index in [1.807, 2.05) is 0 Å². The van der Waals surface area contributed by atoms with Gasteiger partial charge in [-0.25, -0.2) is 4.39 Å². The van der Waals surface area contributed by atoms with E-state index in [4.69, 9.17) is 0 Å². The standard InChI is InChI=1S/C12H11F7O/c1-7-2-4-8(5-3-7)9(20)6-10(13,11(14,15)16)12(17,18)19/h2-5,9,20H,6H2,1H3. The molecule has 1 rings (SSSR count). The third-order valence-electron chi connectivity index (χ3n) is 2.84. The molecule has 0 aliphatic heterocycles. The smallest absolute Gasteiger partial charge is 0.388 e. The molecule has 1 unspecified atom stereocenters. The molecule has 0 amide bonds. The fourth-order valence-electron chi connectivity index (χ4n) is 1.57. The molecule has 0 spiro atoms. The van der Waals surface area contributed by atoms with Gasteiger partial charge in [-0.3, -0.25) is 0 Å². The van der Waals surface area contributed by atoms with Crippen LogP contribution in [0, 0.1) is 6.92 Å². The molecule has 0 aliphatic carbocycles. The van der Waals surface area contributed by atoms with Crippen LogP contribution >= 0.6 is 0 Å². The van der Waals surface area contributed by atoms with E-state index in [1.54, 1.807) is 6.92 Å². The van der Waals surface area contributed by atoms with Gasteiger partial charge in [0.15, 0.2) is 0 Å². The largest absolute Gasteiger partial charge is 0.431 e. The molecule has 20 heavy (non-hydrogen) atoms. The number of rotatable bonds is 3. The van der Waals surface area contributed by atoms with E-state index in [1.165, 1.54) is 12.1 Å². The number of aliphatic hydroxyl groups excluding tert-OH is 1. The van der Waals surface area contributed by atoms with Crippen molar-refractivity contribution >= 4 is 0 Å². The molecule has 0 bridgehead atoms. The first-order valence-electron chi connectivity index (χ1n) is 5.45. The average Bonchev–Trinajstić information content (AvgIpc) is 2.26. The van der Waals surface area contributed by atoms with Gasteiger partial charge >= 0.3 is 18.0 Å². The Bertz CT molecular complexity index is 432. The molecule has 8 heteroatoms. The fraction of sp³-hybridized carbons (Fsp3) is 0.500. The first-order valence-corrected chi connectivity index (χ1v) is 5.45. The lowest BCUT2D eigenvalue weighted by Gasteiger charge is -2.31. The Morgan fingerprint density at radius 2 is 1.30 bits per heavy atom. The van der Waals surface area contributed by atoms with Gasteiger partial charge in [-0.15, -0.1) is 0 Å². The van der Waals surface area contributed by atoms with E-state index < -0.39 is 30.5 Å². The van der Waals surface area contributed by atoms with Gasteiger partial charge in [0.25, 0.3) is 0 Å². The van der Waals surface area contributed by atoms with Crippen molar-refractivity contribution in [1.29, 1.82) is 0 Å². The molecule has 0 radical (unpaired) electrons. The zero-order chi connectivity index (χ0) is 15.8. The summed E-state index contributed by atoms with van der Waals surface area (Å²) in [7, 11) is 0. The van der Waals surface area contributed by atoms with E-state index in [0.29, 0.717) is 5.56 Å². The van der Waals surface area contributed by atoms with Crippen LogP contribution in [0.25, 0.3) is 0 Å². The first-order chi connectivity index (χ1) is 8.88. The SMILES string of the molecule is Cc1ccc(C(O)CC(F)(C(F)(F)F)C(F)(F)F)cc1. The third-order valence-corrected chi connectivity index (χ3v) is 2.84. The summed E-state index contributed by atoms with van der Waals surface area (Å²) in [6.45, 7) is 1.64. The van der Waals surface area contributed by atoms with Crippen LogP contribution in [-0.4, -0.2) is 23.1 Å². The quantitative estimate of drug-likeness (QED) is 0.828. The van der Waals surface area contributed by atoms with Gasteiger partial charge in [-0.2, -0.15) is 26.3 Å². The lowest BCUT2D eigenvalue weighted by Crippen LogP contribution is -2.54. The summed E-state index contributed by atoms with van der Waals surface area (Å²) in [5, 5.41) is 9.43. The average molecular weight is 304 g/mol. The van der Waals surface area contributed by atoms with Gasteiger partial charge in [0.1, 0.15) is 0 Å². The van der Waals surface area contributed by atoms with E-state index in [2.05, 4.69) is 0 Å². The molecular formula is C12H11F7O. The van der Waals surface area contributed by atoms with Gasteiger partial charge < -0.3 is 5.11 Å². The molecule has 0 heterocycles. The van der Waals surface area contributed by atoms with Crippen molar-refractivity contribution in [3.05, 3.63) is 35.4 Å². The number of alkyl halides is 7. The highest BCUT2D eigenvalue weighted by molar-refractivity contribution is 5.23. The highest BCUT2D eigenvalue weighted by Gasteiger charge is 2.72. The maximum absolute atomic E-state index is 13.4. The van der Waals surface area contributed by atoms with Crippen LogP contribution < -0.4 is 0 Å². The van der Waals surface area contributed by atoms with Gasteiger partial charge in [0.2, 0.25) is 0 Å². The second-order valence-electron chi connectivity index (χ2n) is 4.43. The van der Waals surface area contributed by atoms with Gasteiger partial charge in [0.05, 0.1) is 6.10 Å². The van der Waals surface area contributed by atoms with E-state index in [-0.39, 0.29) is 5.56 Å². The Morgan fingerprint density at radius 3 is 1.65 bits per heavy atom. The molecule has 0 saturated heterocycles. The molecule has 0 fully saturated rings. The predicted molar refractivity (Wildman–Crippen MR) is 56.7 cm³/mol. The monoisotopic (exact) mass is 304 g/mol. The van der Waals surface area contributed by atoms with Crippen LogP contribution in [0.4, 0.5) is 30.7 Å². The number of aliphatic hydroxyl groups is 1. The molecule has 114 valence electrons. The second-order valence-corrected chi connectivity index (χ2v) is 4.43. The number of hydrogen-bond acceptors (Lipinski definition) is 1. The Kier molecular flexibility index (Phi) is 4.38. The lowest BCUT2D eigenvalue weighted by molar-refractivity contribution is -0.347. The summed E-state index contributed by atoms with van der Waals surface area (Å²) in [6, 6.07) is 5.07. The van der Waals surface area contributed by atoms with Crippen molar-refractivity contribution in [3.8, 4) is 0 Å². The van der Waals surface area contributed by atoms with Crippen LogP contribution in [0.2, 0.25) is 0 Å². The molecular weight excluding hydrogens is 293 g/mol. The zero-order valence-electron chi connectivity index (χ0n) is 10.2. The molecule has 0 saturated carbocycles. The summed E-state index contributed by atoms with van der Waals surface area (Å²) in [4.78, 5) is 0. The Balaban J connectivity index is 3.05. The summed E-state index contributed by atoms with van der Waals surface area (Å²) in [6.07, 6.45) is -16.7. The van der Waals surface area contributed by atoms with Crippen molar-refractivity contribution < 1.29 is 35.8 Å². The lowest BCUT2D eigenvalue weighted by atomic mass is 9.92. The van der Waals surface area contributed by atoms with E-state index >= 15 is 0 Å². The molecule has 1 atom stereocenters. The third kappa shape index (κ3) is 3.23.